The molecule has 2 aliphatic rings. The number of hydrogen-bond acceptors (Lipinski definition) is 6. The van der Waals surface area contributed by atoms with Crippen LogP contribution in [0.1, 0.15) is 22.3 Å². The average Bonchev–Trinajstić information content (AvgIpc) is 3.51. The van der Waals surface area contributed by atoms with E-state index in [-0.39, 0.29) is 23.3 Å². The molecular formula is C24H20N2O5S2. The van der Waals surface area contributed by atoms with Crippen LogP contribution in [0.25, 0.3) is 10.2 Å². The van der Waals surface area contributed by atoms with Crippen LogP contribution >= 0.6 is 23.1 Å². The molecule has 168 valence electrons. The fourth-order valence-corrected chi connectivity index (χ4v) is 6.74. The van der Waals surface area contributed by atoms with E-state index in [1.54, 1.807) is 42.1 Å². The number of carboxylic acids is 2. The molecule has 0 radical (unpaired) electrons. The van der Waals surface area contributed by atoms with Crippen molar-refractivity contribution in [3.05, 3.63) is 65.7 Å². The van der Waals surface area contributed by atoms with Crippen LogP contribution in [0, 0.1) is 23.7 Å². The molecule has 5 rings (SSSR count). The van der Waals surface area contributed by atoms with Gasteiger partial charge in [-0.05, 0) is 54.2 Å². The van der Waals surface area contributed by atoms with Crippen molar-refractivity contribution in [2.24, 2.45) is 23.7 Å². The van der Waals surface area contributed by atoms with Crippen molar-refractivity contribution in [1.29, 1.82) is 0 Å². The molecule has 0 spiro atoms. The van der Waals surface area contributed by atoms with Crippen molar-refractivity contribution in [1.82, 2.24) is 4.98 Å². The minimum Gasteiger partial charge on any atom is -0.481 e. The highest BCUT2D eigenvalue weighted by Crippen LogP contribution is 2.48. The number of nitrogens with zero attached hydrogens (tertiary/aromatic N) is 1. The second kappa shape index (κ2) is 8.64. The SMILES string of the molecule is O=C(O)c1ccc(CSc2nc3ccc(NC(=O)[C@@H]4[C@@H](C(=O)O)[C@H]5C=C[C@H]4C5)cc3s2)cc1. The zero-order chi connectivity index (χ0) is 23.1. The van der Waals surface area contributed by atoms with Crippen LogP contribution in [0.4, 0.5) is 5.69 Å². The fourth-order valence-electron chi connectivity index (χ4n) is 4.67. The third-order valence-electron chi connectivity index (χ3n) is 6.25. The highest BCUT2D eigenvalue weighted by Gasteiger charge is 2.51. The zero-order valence-electron chi connectivity index (χ0n) is 17.3. The number of hydrogen-bond donors (Lipinski definition) is 3. The highest BCUT2D eigenvalue weighted by atomic mass is 32.2. The lowest BCUT2D eigenvalue weighted by Gasteiger charge is -2.23. The van der Waals surface area contributed by atoms with Gasteiger partial charge in [0, 0.05) is 11.4 Å². The Morgan fingerprint density at radius 3 is 2.45 bits per heavy atom. The number of amides is 1. The Hall–Kier alpha value is -3.17. The van der Waals surface area contributed by atoms with Gasteiger partial charge in [-0.3, -0.25) is 9.59 Å². The third-order valence-corrected chi connectivity index (χ3v) is 8.48. The largest absolute Gasteiger partial charge is 0.481 e. The predicted molar refractivity (Wildman–Crippen MR) is 127 cm³/mol. The molecule has 1 aromatic heterocycles. The summed E-state index contributed by atoms with van der Waals surface area (Å²) in [6, 6.07) is 12.3. The maximum absolute atomic E-state index is 12.9. The van der Waals surface area contributed by atoms with Crippen LogP contribution in [0.15, 0.2) is 59.0 Å². The number of benzene rings is 2. The Morgan fingerprint density at radius 1 is 1.03 bits per heavy atom. The van der Waals surface area contributed by atoms with Crippen LogP contribution in [0.3, 0.4) is 0 Å². The van der Waals surface area contributed by atoms with Gasteiger partial charge in [-0.1, -0.05) is 36.0 Å². The first-order valence-corrected chi connectivity index (χ1v) is 12.3. The summed E-state index contributed by atoms with van der Waals surface area (Å²) in [7, 11) is 0. The van der Waals surface area contributed by atoms with Gasteiger partial charge in [-0.25, -0.2) is 9.78 Å². The number of anilines is 1. The molecule has 1 amide bonds. The summed E-state index contributed by atoms with van der Waals surface area (Å²) in [5.74, 6) is -2.74. The summed E-state index contributed by atoms with van der Waals surface area (Å²) < 4.78 is 1.80. The molecule has 9 heteroatoms. The molecular weight excluding hydrogens is 460 g/mol. The second-order valence-corrected chi connectivity index (χ2v) is 10.5. The van der Waals surface area contributed by atoms with E-state index in [1.165, 1.54) is 11.3 Å². The molecule has 2 aliphatic carbocycles. The number of nitrogens with one attached hydrogen (secondary N) is 1. The summed E-state index contributed by atoms with van der Waals surface area (Å²) in [6.07, 6.45) is 4.62. The van der Waals surface area contributed by atoms with Crippen molar-refractivity contribution >= 4 is 56.8 Å². The van der Waals surface area contributed by atoms with Gasteiger partial charge in [0.1, 0.15) is 0 Å². The summed E-state index contributed by atoms with van der Waals surface area (Å²) in [5, 5.41) is 21.5. The molecule has 0 saturated heterocycles. The highest BCUT2D eigenvalue weighted by molar-refractivity contribution is 8.00. The molecule has 0 aliphatic heterocycles. The molecule has 4 atom stereocenters. The van der Waals surface area contributed by atoms with Crippen molar-refractivity contribution in [3.63, 3.8) is 0 Å². The van der Waals surface area contributed by atoms with E-state index in [0.29, 0.717) is 11.4 Å². The van der Waals surface area contributed by atoms with E-state index in [4.69, 9.17) is 5.11 Å². The number of thioether (sulfide) groups is 1. The molecule has 1 heterocycles. The molecule has 1 fully saturated rings. The summed E-state index contributed by atoms with van der Waals surface area (Å²) in [5.41, 5.74) is 2.72. The molecule has 33 heavy (non-hydrogen) atoms. The minimum atomic E-state index is -0.946. The van der Waals surface area contributed by atoms with Gasteiger partial charge in [0.2, 0.25) is 5.91 Å². The van der Waals surface area contributed by atoms with Gasteiger partial charge in [0.25, 0.3) is 0 Å². The molecule has 3 aromatic rings. The number of allylic oxidation sites excluding steroid dienone is 2. The topological polar surface area (TPSA) is 117 Å². The maximum Gasteiger partial charge on any atom is 0.335 e. The summed E-state index contributed by atoms with van der Waals surface area (Å²) >= 11 is 3.08. The van der Waals surface area contributed by atoms with Crippen LogP contribution in [0.5, 0.6) is 0 Å². The number of fused-ring (bicyclic) bond motifs is 3. The summed E-state index contributed by atoms with van der Waals surface area (Å²) in [4.78, 5) is 40.2. The van der Waals surface area contributed by atoms with Crippen LogP contribution in [-0.4, -0.2) is 33.0 Å². The van der Waals surface area contributed by atoms with Gasteiger partial charge >= 0.3 is 11.9 Å². The number of aliphatic carboxylic acids is 1. The normalized spacial score (nSPS) is 23.2. The van der Waals surface area contributed by atoms with Gasteiger partial charge < -0.3 is 15.5 Å². The van der Waals surface area contributed by atoms with Gasteiger partial charge in [0.15, 0.2) is 4.34 Å². The predicted octanol–water partition coefficient (Wildman–Crippen LogP) is 4.75. The average molecular weight is 481 g/mol. The van der Waals surface area contributed by atoms with E-state index in [0.717, 1.165) is 26.5 Å². The number of carbonyl (C=O) groups excluding carboxylic acids is 1. The lowest BCUT2D eigenvalue weighted by atomic mass is 9.82. The maximum atomic E-state index is 12.9. The van der Waals surface area contributed by atoms with Crippen LogP contribution < -0.4 is 5.32 Å². The van der Waals surface area contributed by atoms with Gasteiger partial charge in [-0.2, -0.15) is 0 Å². The number of thiazole rings is 1. The molecule has 2 bridgehead atoms. The fraction of sp³-hybridized carbons (Fsp3) is 0.250. The van der Waals surface area contributed by atoms with Crippen molar-refractivity contribution in [2.75, 3.05) is 5.32 Å². The smallest absolute Gasteiger partial charge is 0.335 e. The summed E-state index contributed by atoms with van der Waals surface area (Å²) in [6.45, 7) is 0. The number of carboxylic acid groups (broad SMARTS) is 2. The van der Waals surface area contributed by atoms with E-state index < -0.39 is 23.8 Å². The van der Waals surface area contributed by atoms with Crippen molar-refractivity contribution in [3.8, 4) is 0 Å². The Bertz CT molecular complexity index is 1280. The molecule has 7 nitrogen and oxygen atoms in total. The zero-order valence-corrected chi connectivity index (χ0v) is 18.9. The Kier molecular flexibility index (Phi) is 5.67. The minimum absolute atomic E-state index is 0.0178. The Morgan fingerprint density at radius 2 is 1.76 bits per heavy atom. The van der Waals surface area contributed by atoms with Gasteiger partial charge in [0.05, 0.1) is 27.6 Å². The first kappa shape index (κ1) is 21.7. The van der Waals surface area contributed by atoms with Crippen molar-refractivity contribution < 1.29 is 24.6 Å². The standard InChI is InChI=1S/C24H20N2O5S2/c27-21(19-14-5-6-15(9-14)20(19)23(30)31)25-16-7-8-17-18(10-16)33-24(26-17)32-11-12-1-3-13(4-2-12)22(28)29/h1-8,10,14-15,19-20H,9,11H2,(H,25,27)(H,28,29)(H,30,31)/t14-,15-,19-,20-/m0/s1. The first-order valence-electron chi connectivity index (χ1n) is 10.5. The Balaban J connectivity index is 1.26. The molecule has 3 N–H and O–H groups in total. The number of rotatable bonds is 7. The quantitative estimate of drug-likeness (QED) is 0.330. The lowest BCUT2D eigenvalue weighted by molar-refractivity contribution is -0.146. The van der Waals surface area contributed by atoms with Crippen LogP contribution in [0.2, 0.25) is 0 Å². The van der Waals surface area contributed by atoms with E-state index >= 15 is 0 Å². The number of aromatic carboxylic acids is 1. The first-order chi connectivity index (χ1) is 15.9. The monoisotopic (exact) mass is 480 g/mol. The van der Waals surface area contributed by atoms with E-state index in [2.05, 4.69) is 10.3 Å². The van der Waals surface area contributed by atoms with Crippen molar-refractivity contribution in [2.45, 2.75) is 16.5 Å². The van der Waals surface area contributed by atoms with Crippen LogP contribution in [-0.2, 0) is 15.3 Å². The van der Waals surface area contributed by atoms with Gasteiger partial charge in [-0.15, -0.1) is 11.3 Å². The van der Waals surface area contributed by atoms with E-state index in [1.807, 2.05) is 24.3 Å². The lowest BCUT2D eigenvalue weighted by Crippen LogP contribution is -2.36. The Labute approximate surface area is 197 Å². The molecule has 0 unspecified atom stereocenters. The van der Waals surface area contributed by atoms with E-state index in [9.17, 15) is 19.5 Å². The number of carbonyl (C=O) groups is 3. The molecule has 1 saturated carbocycles. The second-order valence-electron chi connectivity index (χ2n) is 8.28. The molecule has 2 aromatic carbocycles. The number of aromatic nitrogens is 1. The third kappa shape index (κ3) is 4.26.